The summed E-state index contributed by atoms with van der Waals surface area (Å²) >= 11 is 0. The lowest BCUT2D eigenvalue weighted by molar-refractivity contribution is -0.125. The van der Waals surface area contributed by atoms with Crippen LogP contribution in [0.5, 0.6) is 5.75 Å². The smallest absolute Gasteiger partial charge is 0.387 e. The Morgan fingerprint density at radius 2 is 1.29 bits per heavy atom. The highest BCUT2D eigenvalue weighted by atomic mass is 19.3. The molecule has 1 heterocycles. The summed E-state index contributed by atoms with van der Waals surface area (Å²) in [6, 6.07) is 34.4. The monoisotopic (exact) mass is 510 g/mol. The summed E-state index contributed by atoms with van der Waals surface area (Å²) in [4.78, 5) is 18.0. The summed E-state index contributed by atoms with van der Waals surface area (Å²) in [5, 5.41) is 0. The maximum atomic E-state index is 13.9. The average Bonchev–Trinajstić information content (AvgIpc) is 2.97. The predicted molar refractivity (Wildman–Crippen MR) is 148 cm³/mol. The van der Waals surface area contributed by atoms with Crippen molar-refractivity contribution in [3.63, 3.8) is 0 Å². The Hall–Kier alpha value is -4.45. The molecule has 192 valence electrons. The van der Waals surface area contributed by atoms with Crippen LogP contribution in [0.3, 0.4) is 0 Å². The van der Waals surface area contributed by atoms with Crippen molar-refractivity contribution in [1.82, 2.24) is 4.90 Å². The first-order valence-corrected chi connectivity index (χ1v) is 12.6. The van der Waals surface area contributed by atoms with Crippen LogP contribution in [0, 0.1) is 0 Å². The van der Waals surface area contributed by atoms with Crippen LogP contribution in [0.2, 0.25) is 0 Å². The Labute approximate surface area is 221 Å². The van der Waals surface area contributed by atoms with Gasteiger partial charge in [0.15, 0.2) is 0 Å². The van der Waals surface area contributed by atoms with E-state index >= 15 is 0 Å². The van der Waals surface area contributed by atoms with Crippen LogP contribution >= 0.6 is 0 Å². The second kappa shape index (κ2) is 11.7. The Kier molecular flexibility index (Phi) is 7.78. The third-order valence-electron chi connectivity index (χ3n) is 6.66. The van der Waals surface area contributed by atoms with Gasteiger partial charge in [-0.1, -0.05) is 91.0 Å². The van der Waals surface area contributed by atoms with E-state index < -0.39 is 6.61 Å². The summed E-state index contributed by atoms with van der Waals surface area (Å²) in [5.74, 6) is -0.111. The fourth-order valence-corrected chi connectivity index (χ4v) is 4.68. The van der Waals surface area contributed by atoms with Crippen molar-refractivity contribution in [2.45, 2.75) is 6.61 Å². The van der Waals surface area contributed by atoms with Crippen molar-refractivity contribution >= 4 is 23.2 Å². The molecule has 0 N–H and O–H groups in total. The van der Waals surface area contributed by atoms with E-state index in [-0.39, 0.29) is 11.7 Å². The van der Waals surface area contributed by atoms with Gasteiger partial charge < -0.3 is 14.5 Å². The molecule has 1 saturated heterocycles. The van der Waals surface area contributed by atoms with Gasteiger partial charge in [-0.25, -0.2) is 0 Å². The van der Waals surface area contributed by atoms with Crippen LogP contribution < -0.4 is 9.64 Å². The van der Waals surface area contributed by atoms with Gasteiger partial charge in [0.25, 0.3) is 5.91 Å². The lowest BCUT2D eigenvalue weighted by Gasteiger charge is -2.36. The van der Waals surface area contributed by atoms with E-state index in [1.54, 1.807) is 24.3 Å². The molecule has 5 rings (SSSR count). The first kappa shape index (κ1) is 25.2. The molecule has 0 saturated carbocycles. The molecule has 0 radical (unpaired) electrons. The van der Waals surface area contributed by atoms with E-state index in [2.05, 4.69) is 17.0 Å². The number of amides is 1. The first-order chi connectivity index (χ1) is 18.6. The van der Waals surface area contributed by atoms with Gasteiger partial charge in [0.2, 0.25) is 0 Å². The third-order valence-corrected chi connectivity index (χ3v) is 6.66. The number of nitrogens with zero attached hydrogens (tertiary/aromatic N) is 2. The lowest BCUT2D eigenvalue weighted by Crippen LogP contribution is -2.49. The maximum Gasteiger partial charge on any atom is 0.387 e. The SMILES string of the molecule is O=C(/C(=C/c1ccccc1OC(F)F)c1ccc(-c2ccccc2)cc1)N1CCN(c2ccccc2)CC1. The molecule has 4 aromatic rings. The highest BCUT2D eigenvalue weighted by Crippen LogP contribution is 2.29. The van der Waals surface area contributed by atoms with Crippen molar-refractivity contribution < 1.29 is 18.3 Å². The van der Waals surface area contributed by atoms with Crippen LogP contribution in [-0.4, -0.2) is 43.6 Å². The number of rotatable bonds is 7. The Morgan fingerprint density at radius 1 is 0.711 bits per heavy atom. The van der Waals surface area contributed by atoms with E-state index in [0.717, 1.165) is 16.8 Å². The quantitative estimate of drug-likeness (QED) is 0.202. The second-order valence-electron chi connectivity index (χ2n) is 9.03. The van der Waals surface area contributed by atoms with Gasteiger partial charge in [-0.15, -0.1) is 0 Å². The Balaban J connectivity index is 1.45. The number of carbonyl (C=O) groups is 1. The van der Waals surface area contributed by atoms with E-state index in [9.17, 15) is 13.6 Å². The fourth-order valence-electron chi connectivity index (χ4n) is 4.68. The van der Waals surface area contributed by atoms with E-state index in [0.29, 0.717) is 42.9 Å². The highest BCUT2D eigenvalue weighted by molar-refractivity contribution is 6.24. The molecule has 0 spiro atoms. The van der Waals surface area contributed by atoms with Crippen LogP contribution in [0.1, 0.15) is 11.1 Å². The van der Waals surface area contributed by atoms with Crippen LogP contribution in [-0.2, 0) is 4.79 Å². The highest BCUT2D eigenvalue weighted by Gasteiger charge is 2.25. The molecule has 1 fully saturated rings. The third kappa shape index (κ3) is 5.92. The summed E-state index contributed by atoms with van der Waals surface area (Å²) in [7, 11) is 0. The van der Waals surface area contributed by atoms with E-state index in [1.807, 2.05) is 77.7 Å². The van der Waals surface area contributed by atoms with Crippen molar-refractivity contribution in [3.05, 3.63) is 120 Å². The topological polar surface area (TPSA) is 32.8 Å². The van der Waals surface area contributed by atoms with Crippen molar-refractivity contribution in [3.8, 4) is 16.9 Å². The summed E-state index contributed by atoms with van der Waals surface area (Å²) < 4.78 is 30.9. The van der Waals surface area contributed by atoms with E-state index in [4.69, 9.17) is 4.74 Å². The number of benzene rings is 4. The van der Waals surface area contributed by atoms with Crippen LogP contribution in [0.4, 0.5) is 14.5 Å². The van der Waals surface area contributed by atoms with Gasteiger partial charge in [-0.05, 0) is 41.0 Å². The fraction of sp³-hybridized carbons (Fsp3) is 0.156. The normalized spacial score (nSPS) is 14.0. The number of halogens is 2. The molecule has 0 aliphatic carbocycles. The summed E-state index contributed by atoms with van der Waals surface area (Å²) in [5.41, 5.74) is 4.80. The molecular formula is C32H28F2N2O2. The van der Waals surface area contributed by atoms with Crippen molar-refractivity contribution in [2.75, 3.05) is 31.1 Å². The zero-order valence-corrected chi connectivity index (χ0v) is 20.8. The number of carbonyl (C=O) groups excluding carboxylic acids is 1. The van der Waals surface area contributed by atoms with Gasteiger partial charge in [0, 0.05) is 43.0 Å². The minimum atomic E-state index is -2.96. The first-order valence-electron chi connectivity index (χ1n) is 12.6. The number of para-hydroxylation sites is 2. The minimum absolute atomic E-state index is 0.0302. The Bertz CT molecular complexity index is 1380. The number of hydrogen-bond donors (Lipinski definition) is 0. The number of anilines is 1. The summed E-state index contributed by atoms with van der Waals surface area (Å²) in [6.07, 6.45) is 1.65. The molecule has 0 unspecified atom stereocenters. The largest absolute Gasteiger partial charge is 0.434 e. The minimum Gasteiger partial charge on any atom is -0.434 e. The molecular weight excluding hydrogens is 482 g/mol. The second-order valence-corrected chi connectivity index (χ2v) is 9.03. The molecule has 0 aromatic heterocycles. The number of hydrogen-bond acceptors (Lipinski definition) is 3. The zero-order chi connectivity index (χ0) is 26.3. The Morgan fingerprint density at radius 3 is 1.95 bits per heavy atom. The lowest BCUT2D eigenvalue weighted by atomic mass is 9.97. The van der Waals surface area contributed by atoms with Gasteiger partial charge in [-0.3, -0.25) is 4.79 Å². The molecule has 0 bridgehead atoms. The zero-order valence-electron chi connectivity index (χ0n) is 20.8. The number of ether oxygens (including phenoxy) is 1. The van der Waals surface area contributed by atoms with Gasteiger partial charge in [-0.2, -0.15) is 8.78 Å². The molecule has 6 heteroatoms. The summed E-state index contributed by atoms with van der Waals surface area (Å²) in [6.45, 7) is -0.424. The number of piperazine rings is 1. The van der Waals surface area contributed by atoms with Gasteiger partial charge >= 0.3 is 6.61 Å². The molecule has 38 heavy (non-hydrogen) atoms. The number of alkyl halides is 2. The predicted octanol–water partition coefficient (Wildman–Crippen LogP) is 6.84. The van der Waals surface area contributed by atoms with Gasteiger partial charge in [0.1, 0.15) is 5.75 Å². The maximum absolute atomic E-state index is 13.9. The molecule has 0 atom stereocenters. The van der Waals surface area contributed by atoms with E-state index in [1.165, 1.54) is 6.07 Å². The molecule has 4 aromatic carbocycles. The van der Waals surface area contributed by atoms with Crippen molar-refractivity contribution in [2.24, 2.45) is 0 Å². The molecule has 4 nitrogen and oxygen atoms in total. The standard InChI is InChI=1S/C32H28F2N2O2/c33-32(34)38-30-14-8-7-11-27(30)23-29(26-17-15-25(16-18-26)24-9-3-1-4-10-24)31(37)36-21-19-35(20-22-36)28-12-5-2-6-13-28/h1-18,23,32H,19-22H2/b29-23+. The van der Waals surface area contributed by atoms with Crippen LogP contribution in [0.25, 0.3) is 22.8 Å². The molecule has 1 aliphatic rings. The molecule has 1 amide bonds. The average molecular weight is 511 g/mol. The van der Waals surface area contributed by atoms with Gasteiger partial charge in [0.05, 0.1) is 0 Å². The van der Waals surface area contributed by atoms with Crippen LogP contribution in [0.15, 0.2) is 109 Å². The molecule has 1 aliphatic heterocycles. The van der Waals surface area contributed by atoms with Crippen molar-refractivity contribution in [1.29, 1.82) is 0 Å².